The minimum Gasteiger partial charge on any atom is -0.504 e. The van der Waals surface area contributed by atoms with Crippen molar-refractivity contribution in [3.63, 3.8) is 0 Å². The standard InChI is InChI=1S/C20H18O15/c21-6-1-4-9(13(26)11(6)24)10-5(2-7(22)12(25)14(10)27)20(33)35-17(8(23)3-34-19(4)32)15(28)16(29)18(30)31/h1-2,8,15-17,21-29H,3H2,(H,30,31)/t8-,15-,16-,17-/m1/s1. The number of rotatable bonds is 3. The minimum absolute atomic E-state index is 0.479. The van der Waals surface area contributed by atoms with Crippen LogP contribution in [-0.2, 0) is 14.3 Å². The molecular formula is C20H18O15. The summed E-state index contributed by atoms with van der Waals surface area (Å²) in [4.78, 5) is 36.7. The normalized spacial score (nSPS) is 19.9. The Morgan fingerprint density at radius 3 is 1.74 bits per heavy atom. The van der Waals surface area contributed by atoms with Crippen molar-refractivity contribution in [1.29, 1.82) is 0 Å². The molecule has 0 radical (unpaired) electrons. The van der Waals surface area contributed by atoms with Crippen LogP contribution in [0.1, 0.15) is 20.7 Å². The Kier molecular flexibility index (Phi) is 6.51. The predicted octanol–water partition coefficient (Wildman–Crippen LogP) is -1.55. The Bertz CT molecular complexity index is 1220. The fourth-order valence-electron chi connectivity index (χ4n) is 3.34. The zero-order valence-corrected chi connectivity index (χ0v) is 17.2. The van der Waals surface area contributed by atoms with E-state index in [0.29, 0.717) is 12.1 Å². The third-order valence-corrected chi connectivity index (χ3v) is 5.12. The van der Waals surface area contributed by atoms with E-state index in [4.69, 9.17) is 14.6 Å². The smallest absolute Gasteiger partial charge is 0.339 e. The second-order valence-corrected chi connectivity index (χ2v) is 7.34. The molecule has 15 heteroatoms. The summed E-state index contributed by atoms with van der Waals surface area (Å²) in [5.41, 5.74) is -3.58. The number of carbonyl (C=O) groups is 3. The average molecular weight is 498 g/mol. The molecule has 0 saturated carbocycles. The average Bonchev–Trinajstić information content (AvgIpc) is 2.82. The number of carboxylic acid groups (broad SMARTS) is 1. The molecule has 2 aromatic rings. The number of aliphatic hydroxyl groups is 3. The van der Waals surface area contributed by atoms with Crippen LogP contribution in [-0.4, -0.2) is 100.0 Å². The van der Waals surface area contributed by atoms with E-state index in [1.54, 1.807) is 0 Å². The highest BCUT2D eigenvalue weighted by atomic mass is 16.6. The lowest BCUT2D eigenvalue weighted by Gasteiger charge is -2.28. The lowest BCUT2D eigenvalue weighted by Crippen LogP contribution is -2.51. The first-order chi connectivity index (χ1) is 16.3. The summed E-state index contributed by atoms with van der Waals surface area (Å²) < 4.78 is 9.71. The highest BCUT2D eigenvalue weighted by Gasteiger charge is 2.41. The highest BCUT2D eigenvalue weighted by molar-refractivity contribution is 6.08. The lowest BCUT2D eigenvalue weighted by molar-refractivity contribution is -0.165. The van der Waals surface area contributed by atoms with Gasteiger partial charge < -0.3 is 60.5 Å². The highest BCUT2D eigenvalue weighted by Crippen LogP contribution is 2.52. The van der Waals surface area contributed by atoms with Crippen LogP contribution in [0.2, 0.25) is 0 Å². The molecule has 2 aromatic carbocycles. The number of cyclic esters (lactones) is 2. The zero-order chi connectivity index (χ0) is 26.4. The zero-order valence-electron chi connectivity index (χ0n) is 17.2. The summed E-state index contributed by atoms with van der Waals surface area (Å²) in [6, 6.07) is 1.03. The third kappa shape index (κ3) is 4.25. The van der Waals surface area contributed by atoms with E-state index in [9.17, 15) is 60.3 Å². The molecule has 0 unspecified atom stereocenters. The summed E-state index contributed by atoms with van der Waals surface area (Å²) in [5, 5.41) is 99.6. The van der Waals surface area contributed by atoms with E-state index in [1.807, 2.05) is 0 Å². The fourth-order valence-corrected chi connectivity index (χ4v) is 3.34. The van der Waals surface area contributed by atoms with E-state index in [-0.39, 0.29) is 0 Å². The van der Waals surface area contributed by atoms with Crippen LogP contribution in [0, 0.1) is 0 Å². The Labute approximate surface area is 193 Å². The van der Waals surface area contributed by atoms with E-state index < -0.39 is 106 Å². The van der Waals surface area contributed by atoms with Crippen LogP contribution in [0.15, 0.2) is 12.1 Å². The number of phenolic OH excluding ortho intramolecular Hbond substituents is 6. The summed E-state index contributed by atoms with van der Waals surface area (Å²) in [5.74, 6) is -12.3. The van der Waals surface area contributed by atoms with Crippen LogP contribution in [0.3, 0.4) is 0 Å². The monoisotopic (exact) mass is 498 g/mol. The molecule has 10 N–H and O–H groups in total. The number of fused-ring (bicyclic) bond motifs is 3. The maximum absolute atomic E-state index is 13.0. The number of phenols is 6. The minimum atomic E-state index is -2.60. The van der Waals surface area contributed by atoms with Crippen molar-refractivity contribution in [3.8, 4) is 45.6 Å². The molecule has 1 heterocycles. The Morgan fingerprint density at radius 2 is 1.29 bits per heavy atom. The number of benzene rings is 2. The van der Waals surface area contributed by atoms with Crippen LogP contribution in [0.25, 0.3) is 11.1 Å². The van der Waals surface area contributed by atoms with Crippen LogP contribution in [0.5, 0.6) is 34.5 Å². The molecule has 35 heavy (non-hydrogen) atoms. The van der Waals surface area contributed by atoms with Crippen molar-refractivity contribution in [2.24, 2.45) is 0 Å². The molecule has 188 valence electrons. The largest absolute Gasteiger partial charge is 0.504 e. The summed E-state index contributed by atoms with van der Waals surface area (Å²) in [7, 11) is 0. The number of aromatic hydroxyl groups is 6. The van der Waals surface area contributed by atoms with Gasteiger partial charge in [0, 0.05) is 11.1 Å². The second kappa shape index (κ2) is 9.05. The number of carbonyl (C=O) groups excluding carboxylic acids is 2. The topological polar surface area (TPSA) is 272 Å². The molecule has 0 spiro atoms. The first-order valence-electron chi connectivity index (χ1n) is 9.49. The molecular weight excluding hydrogens is 480 g/mol. The van der Waals surface area contributed by atoms with Gasteiger partial charge in [0.05, 0.1) is 11.1 Å². The molecule has 0 aromatic heterocycles. The van der Waals surface area contributed by atoms with Crippen molar-refractivity contribution >= 4 is 17.9 Å². The van der Waals surface area contributed by atoms with E-state index >= 15 is 0 Å². The van der Waals surface area contributed by atoms with E-state index in [1.165, 1.54) is 0 Å². The molecule has 0 saturated heterocycles. The van der Waals surface area contributed by atoms with Crippen molar-refractivity contribution in [1.82, 2.24) is 0 Å². The van der Waals surface area contributed by atoms with Gasteiger partial charge in [0.15, 0.2) is 35.2 Å². The molecule has 0 fully saturated rings. The third-order valence-electron chi connectivity index (χ3n) is 5.12. The number of aliphatic carboxylic acids is 1. The number of carboxylic acids is 1. The molecule has 0 amide bonds. The van der Waals surface area contributed by atoms with Crippen molar-refractivity contribution in [3.05, 3.63) is 23.3 Å². The predicted molar refractivity (Wildman–Crippen MR) is 107 cm³/mol. The maximum atomic E-state index is 13.0. The van der Waals surface area contributed by atoms with Gasteiger partial charge in [-0.15, -0.1) is 0 Å². The van der Waals surface area contributed by atoms with Gasteiger partial charge >= 0.3 is 17.9 Å². The first kappa shape index (κ1) is 25.2. The van der Waals surface area contributed by atoms with E-state index in [0.717, 1.165) is 0 Å². The van der Waals surface area contributed by atoms with Gasteiger partial charge in [-0.1, -0.05) is 0 Å². The van der Waals surface area contributed by atoms with Gasteiger partial charge in [0.2, 0.25) is 11.5 Å². The number of aliphatic hydroxyl groups excluding tert-OH is 3. The second-order valence-electron chi connectivity index (χ2n) is 7.34. The molecule has 4 atom stereocenters. The SMILES string of the molecule is O=C1OC[C@@H](O)[C@H]([C@H](O)[C@@H](O)C(=O)O)OC(=O)c2cc(O)c(O)c(O)c2-c2c1cc(O)c(O)c2O. The van der Waals surface area contributed by atoms with Crippen LogP contribution in [0.4, 0.5) is 0 Å². The van der Waals surface area contributed by atoms with E-state index in [2.05, 4.69) is 0 Å². The molecule has 0 bridgehead atoms. The number of hydrogen-bond acceptors (Lipinski definition) is 14. The van der Waals surface area contributed by atoms with Crippen molar-refractivity contribution in [2.75, 3.05) is 6.61 Å². The number of esters is 2. The molecule has 0 aliphatic carbocycles. The molecule has 1 aliphatic rings. The fraction of sp³-hybridized carbons (Fsp3) is 0.250. The molecule has 1 aliphatic heterocycles. The first-order valence-corrected chi connectivity index (χ1v) is 9.49. The Hall–Kier alpha value is -4.47. The van der Waals surface area contributed by atoms with Gasteiger partial charge in [0.1, 0.15) is 18.8 Å². The quantitative estimate of drug-likeness (QED) is 0.169. The van der Waals surface area contributed by atoms with Gasteiger partial charge in [-0.3, -0.25) is 0 Å². The number of ether oxygens (including phenoxy) is 2. The van der Waals surface area contributed by atoms with Gasteiger partial charge in [-0.25, -0.2) is 14.4 Å². The van der Waals surface area contributed by atoms with Crippen LogP contribution >= 0.6 is 0 Å². The van der Waals surface area contributed by atoms with Gasteiger partial charge in [0.25, 0.3) is 0 Å². The number of hydrogen-bond donors (Lipinski definition) is 10. The maximum Gasteiger partial charge on any atom is 0.339 e. The van der Waals surface area contributed by atoms with Gasteiger partial charge in [-0.05, 0) is 12.1 Å². The van der Waals surface area contributed by atoms with Crippen molar-refractivity contribution < 1.29 is 74.9 Å². The van der Waals surface area contributed by atoms with Crippen LogP contribution < -0.4 is 0 Å². The molecule has 15 nitrogen and oxygen atoms in total. The lowest BCUT2D eigenvalue weighted by atomic mass is 9.92. The van der Waals surface area contributed by atoms with Gasteiger partial charge in [-0.2, -0.15) is 0 Å². The Morgan fingerprint density at radius 1 is 0.829 bits per heavy atom. The summed E-state index contributed by atoms with van der Waals surface area (Å²) in [6.07, 6.45) is -9.52. The molecule has 3 rings (SSSR count). The summed E-state index contributed by atoms with van der Waals surface area (Å²) >= 11 is 0. The summed E-state index contributed by atoms with van der Waals surface area (Å²) in [6.45, 7) is -1.10. The van der Waals surface area contributed by atoms with Crippen molar-refractivity contribution in [2.45, 2.75) is 24.4 Å². The Balaban J connectivity index is 2.35.